The third-order valence-corrected chi connectivity index (χ3v) is 3.19. The minimum absolute atomic E-state index is 0.132. The van der Waals surface area contributed by atoms with Crippen LogP contribution in [0.2, 0.25) is 0 Å². The summed E-state index contributed by atoms with van der Waals surface area (Å²) < 4.78 is 37.7. The number of carboxylic acids is 1. The zero-order valence-corrected chi connectivity index (χ0v) is 10.8. The number of alkyl halides is 3. The van der Waals surface area contributed by atoms with Crippen molar-refractivity contribution in [2.75, 3.05) is 18.4 Å². The molecule has 1 aromatic carbocycles. The summed E-state index contributed by atoms with van der Waals surface area (Å²) in [6.07, 6.45) is -4.43. The average Bonchev–Trinajstić information content (AvgIpc) is 2.32. The van der Waals surface area contributed by atoms with Crippen LogP contribution in [0.5, 0.6) is 0 Å². The van der Waals surface area contributed by atoms with Crippen LogP contribution in [0.1, 0.15) is 22.3 Å². The highest BCUT2D eigenvalue weighted by atomic mass is 19.4. The Balaban J connectivity index is 2.18. The second-order valence-electron chi connectivity index (χ2n) is 4.84. The van der Waals surface area contributed by atoms with Crippen molar-refractivity contribution < 1.29 is 27.9 Å². The Labute approximate surface area is 118 Å². The number of nitrogens with one attached hydrogen (secondary N) is 2. The molecule has 0 bridgehead atoms. The van der Waals surface area contributed by atoms with Crippen LogP contribution in [0.15, 0.2) is 18.2 Å². The maximum Gasteiger partial charge on any atom is 0.416 e. The van der Waals surface area contributed by atoms with Gasteiger partial charge < -0.3 is 15.7 Å². The smallest absolute Gasteiger partial charge is 0.416 e. The number of hydrogen-bond acceptors (Lipinski definition) is 3. The first-order valence-electron chi connectivity index (χ1n) is 6.22. The van der Waals surface area contributed by atoms with Crippen molar-refractivity contribution >= 4 is 17.6 Å². The maximum absolute atomic E-state index is 12.6. The van der Waals surface area contributed by atoms with E-state index in [4.69, 9.17) is 5.11 Å². The van der Waals surface area contributed by atoms with Crippen molar-refractivity contribution in [3.8, 4) is 0 Å². The molecule has 2 rings (SSSR count). The molecule has 1 amide bonds. The molecular weight excluding hydrogens is 289 g/mol. The topological polar surface area (TPSA) is 78.4 Å². The van der Waals surface area contributed by atoms with Crippen LogP contribution in [0.4, 0.5) is 18.9 Å². The summed E-state index contributed by atoms with van der Waals surface area (Å²) in [6, 6.07) is 2.22. The number of rotatable bonds is 4. The van der Waals surface area contributed by atoms with Crippen molar-refractivity contribution in [3.63, 3.8) is 0 Å². The standard InChI is InChI=1S/C13H13F3N2O3/c14-13(15,16)8-1-2-10(9(4-8)12(20)21)18-11(19)3-7-5-17-6-7/h1-2,4,7,17H,3,5-6H2,(H,18,19)(H,20,21). The quantitative estimate of drug-likeness (QED) is 0.794. The molecule has 0 atom stereocenters. The van der Waals surface area contributed by atoms with Gasteiger partial charge in [-0.2, -0.15) is 13.2 Å². The van der Waals surface area contributed by atoms with Gasteiger partial charge in [-0.05, 0) is 37.2 Å². The zero-order valence-electron chi connectivity index (χ0n) is 10.8. The Bertz CT molecular complexity index is 568. The highest BCUT2D eigenvalue weighted by Crippen LogP contribution is 2.32. The van der Waals surface area contributed by atoms with E-state index >= 15 is 0 Å². The molecule has 1 saturated heterocycles. The lowest BCUT2D eigenvalue weighted by Crippen LogP contribution is -2.43. The number of aromatic carboxylic acids is 1. The van der Waals surface area contributed by atoms with E-state index in [1.807, 2.05) is 0 Å². The first kappa shape index (κ1) is 15.3. The first-order valence-corrected chi connectivity index (χ1v) is 6.22. The van der Waals surface area contributed by atoms with E-state index in [0.717, 1.165) is 12.1 Å². The molecule has 1 fully saturated rings. The normalized spacial score (nSPS) is 15.4. The molecule has 1 aromatic rings. The zero-order chi connectivity index (χ0) is 15.6. The monoisotopic (exact) mass is 302 g/mol. The molecule has 114 valence electrons. The molecule has 0 unspecified atom stereocenters. The number of hydrogen-bond donors (Lipinski definition) is 3. The maximum atomic E-state index is 12.6. The highest BCUT2D eigenvalue weighted by molar-refractivity contribution is 6.00. The van der Waals surface area contributed by atoms with Crippen LogP contribution < -0.4 is 10.6 Å². The van der Waals surface area contributed by atoms with Crippen molar-refractivity contribution in [2.45, 2.75) is 12.6 Å². The SMILES string of the molecule is O=C(CC1CNC1)Nc1ccc(C(F)(F)F)cc1C(=O)O. The van der Waals surface area contributed by atoms with Crippen molar-refractivity contribution in [1.29, 1.82) is 0 Å². The summed E-state index contributed by atoms with van der Waals surface area (Å²) in [4.78, 5) is 22.8. The van der Waals surface area contributed by atoms with Crippen LogP contribution in [0, 0.1) is 5.92 Å². The van der Waals surface area contributed by atoms with Crippen molar-refractivity contribution in [1.82, 2.24) is 5.32 Å². The summed E-state index contributed by atoms with van der Waals surface area (Å²) >= 11 is 0. The number of carbonyl (C=O) groups excluding carboxylic acids is 1. The van der Waals surface area contributed by atoms with Gasteiger partial charge in [-0.25, -0.2) is 4.79 Å². The molecule has 5 nitrogen and oxygen atoms in total. The molecule has 0 radical (unpaired) electrons. The molecule has 1 aliphatic rings. The fraction of sp³-hybridized carbons (Fsp3) is 0.385. The second-order valence-corrected chi connectivity index (χ2v) is 4.84. The van der Waals surface area contributed by atoms with Crippen molar-refractivity contribution in [3.05, 3.63) is 29.3 Å². The predicted octanol–water partition coefficient (Wildman–Crippen LogP) is 1.95. The average molecular weight is 302 g/mol. The lowest BCUT2D eigenvalue weighted by molar-refractivity contribution is -0.137. The van der Waals surface area contributed by atoms with Crippen LogP contribution in [-0.4, -0.2) is 30.1 Å². The number of benzene rings is 1. The summed E-state index contributed by atoms with van der Waals surface area (Å²) in [5, 5.41) is 14.3. The Kier molecular flexibility index (Phi) is 4.17. The molecule has 21 heavy (non-hydrogen) atoms. The second kappa shape index (κ2) is 5.72. The Morgan fingerprint density at radius 2 is 2.00 bits per heavy atom. The van der Waals surface area contributed by atoms with Crippen LogP contribution in [0.3, 0.4) is 0 Å². The molecule has 0 saturated carbocycles. The van der Waals surface area contributed by atoms with E-state index in [9.17, 15) is 22.8 Å². The lowest BCUT2D eigenvalue weighted by atomic mass is 9.99. The van der Waals surface area contributed by atoms with Gasteiger partial charge in [-0.1, -0.05) is 0 Å². The Hall–Kier alpha value is -2.09. The van der Waals surface area contributed by atoms with Gasteiger partial charge in [0.15, 0.2) is 0 Å². The first-order chi connectivity index (χ1) is 9.77. The molecule has 1 aliphatic heterocycles. The number of carbonyl (C=O) groups is 2. The predicted molar refractivity (Wildman–Crippen MR) is 68.0 cm³/mol. The molecule has 0 aromatic heterocycles. The minimum atomic E-state index is -4.63. The van der Waals surface area contributed by atoms with Gasteiger partial charge in [-0.3, -0.25) is 4.79 Å². The van der Waals surface area contributed by atoms with Gasteiger partial charge in [0.2, 0.25) is 5.91 Å². The summed E-state index contributed by atoms with van der Waals surface area (Å²) in [6.45, 7) is 1.40. The molecule has 1 heterocycles. The summed E-state index contributed by atoms with van der Waals surface area (Å²) in [5.41, 5.74) is -1.78. The third kappa shape index (κ3) is 3.72. The number of carboxylic acid groups (broad SMARTS) is 1. The van der Waals surface area contributed by atoms with Crippen LogP contribution in [-0.2, 0) is 11.0 Å². The molecule has 0 spiro atoms. The van der Waals surface area contributed by atoms with E-state index in [1.165, 1.54) is 0 Å². The van der Waals surface area contributed by atoms with Crippen LogP contribution in [0.25, 0.3) is 0 Å². The fourth-order valence-corrected chi connectivity index (χ4v) is 1.96. The molecular formula is C13H13F3N2O3. The van der Waals surface area contributed by atoms with Gasteiger partial charge in [0, 0.05) is 6.42 Å². The minimum Gasteiger partial charge on any atom is -0.478 e. The number of amides is 1. The summed E-state index contributed by atoms with van der Waals surface area (Å²) in [5.74, 6) is -1.77. The van der Waals surface area contributed by atoms with Gasteiger partial charge in [0.1, 0.15) is 0 Å². The lowest BCUT2D eigenvalue weighted by Gasteiger charge is -2.26. The molecule has 8 heteroatoms. The van der Waals surface area contributed by atoms with Gasteiger partial charge >= 0.3 is 12.1 Å². The highest BCUT2D eigenvalue weighted by Gasteiger charge is 2.32. The van der Waals surface area contributed by atoms with E-state index < -0.39 is 29.2 Å². The number of anilines is 1. The van der Waals surface area contributed by atoms with E-state index in [-0.39, 0.29) is 18.0 Å². The Morgan fingerprint density at radius 1 is 1.33 bits per heavy atom. The van der Waals surface area contributed by atoms with E-state index in [2.05, 4.69) is 10.6 Å². The fourth-order valence-electron chi connectivity index (χ4n) is 1.96. The molecule has 0 aliphatic carbocycles. The van der Waals surface area contributed by atoms with E-state index in [1.54, 1.807) is 0 Å². The van der Waals surface area contributed by atoms with Gasteiger partial charge in [-0.15, -0.1) is 0 Å². The van der Waals surface area contributed by atoms with Crippen LogP contribution >= 0.6 is 0 Å². The van der Waals surface area contributed by atoms with Gasteiger partial charge in [0.25, 0.3) is 0 Å². The van der Waals surface area contributed by atoms with E-state index in [0.29, 0.717) is 19.2 Å². The summed E-state index contributed by atoms with van der Waals surface area (Å²) in [7, 11) is 0. The van der Waals surface area contributed by atoms with Gasteiger partial charge in [0.05, 0.1) is 16.8 Å². The molecule has 3 N–H and O–H groups in total. The Morgan fingerprint density at radius 3 is 2.48 bits per heavy atom. The number of halogens is 3. The van der Waals surface area contributed by atoms with Crippen molar-refractivity contribution in [2.24, 2.45) is 5.92 Å². The largest absolute Gasteiger partial charge is 0.478 e. The third-order valence-electron chi connectivity index (χ3n) is 3.19.